The summed E-state index contributed by atoms with van der Waals surface area (Å²) in [6.07, 6.45) is 4.88. The number of ether oxygens (including phenoxy) is 1. The minimum Gasteiger partial charge on any atom is -0.384 e. The number of hydrogen-bond donors (Lipinski definition) is 0. The smallest absolute Gasteiger partial charge is 0.133 e. The SMILES string of the molecule is COCC(C)CC(=O)CC1CCCc2ccccc21. The third kappa shape index (κ3) is 3.90. The summed E-state index contributed by atoms with van der Waals surface area (Å²) in [6, 6.07) is 8.60. The topological polar surface area (TPSA) is 26.3 Å². The summed E-state index contributed by atoms with van der Waals surface area (Å²) in [4.78, 5) is 12.2. The molecule has 2 rings (SSSR count). The highest BCUT2D eigenvalue weighted by molar-refractivity contribution is 5.79. The second-order valence-electron chi connectivity index (χ2n) is 5.80. The summed E-state index contributed by atoms with van der Waals surface area (Å²) in [5.41, 5.74) is 2.85. The van der Waals surface area contributed by atoms with Crippen LogP contribution < -0.4 is 0 Å². The van der Waals surface area contributed by atoms with Crippen molar-refractivity contribution in [1.29, 1.82) is 0 Å². The second kappa shape index (κ2) is 6.85. The average molecular weight is 260 g/mol. The van der Waals surface area contributed by atoms with Gasteiger partial charge in [0.1, 0.15) is 5.78 Å². The molecule has 19 heavy (non-hydrogen) atoms. The zero-order chi connectivity index (χ0) is 13.7. The second-order valence-corrected chi connectivity index (χ2v) is 5.80. The van der Waals surface area contributed by atoms with E-state index < -0.39 is 0 Å². The number of hydrogen-bond acceptors (Lipinski definition) is 2. The number of Topliss-reactive ketones (excluding diaryl/α,β-unsaturated/α-hetero) is 1. The predicted octanol–water partition coefficient (Wildman–Crippen LogP) is 3.74. The molecule has 2 heteroatoms. The third-order valence-corrected chi connectivity index (χ3v) is 4.00. The van der Waals surface area contributed by atoms with Gasteiger partial charge in [0, 0.05) is 26.6 Å². The van der Waals surface area contributed by atoms with Crippen LogP contribution in [-0.4, -0.2) is 19.5 Å². The summed E-state index contributed by atoms with van der Waals surface area (Å²) in [5, 5.41) is 0. The minimum absolute atomic E-state index is 0.330. The average Bonchev–Trinajstić information content (AvgIpc) is 2.39. The highest BCUT2D eigenvalue weighted by atomic mass is 16.5. The quantitative estimate of drug-likeness (QED) is 0.779. The maximum Gasteiger partial charge on any atom is 0.133 e. The largest absolute Gasteiger partial charge is 0.384 e. The fourth-order valence-electron chi connectivity index (χ4n) is 3.16. The summed E-state index contributed by atoms with van der Waals surface area (Å²) >= 11 is 0. The zero-order valence-corrected chi connectivity index (χ0v) is 12.0. The molecule has 2 nitrogen and oxygen atoms in total. The van der Waals surface area contributed by atoms with Crippen LogP contribution in [0.4, 0.5) is 0 Å². The van der Waals surface area contributed by atoms with E-state index in [0.29, 0.717) is 37.1 Å². The fourth-order valence-corrected chi connectivity index (χ4v) is 3.16. The van der Waals surface area contributed by atoms with Crippen LogP contribution in [0.2, 0.25) is 0 Å². The molecule has 0 amide bonds. The van der Waals surface area contributed by atoms with E-state index >= 15 is 0 Å². The lowest BCUT2D eigenvalue weighted by Crippen LogP contribution is -2.16. The summed E-state index contributed by atoms with van der Waals surface area (Å²) < 4.78 is 5.10. The van der Waals surface area contributed by atoms with Gasteiger partial charge >= 0.3 is 0 Å². The summed E-state index contributed by atoms with van der Waals surface area (Å²) in [6.45, 7) is 2.75. The number of methoxy groups -OCH3 is 1. The number of aryl methyl sites for hydroxylation is 1. The van der Waals surface area contributed by atoms with Gasteiger partial charge < -0.3 is 4.74 Å². The maximum absolute atomic E-state index is 12.2. The standard InChI is InChI=1S/C17H24O2/c1-13(12-19-2)10-16(18)11-15-8-5-7-14-6-3-4-9-17(14)15/h3-4,6,9,13,15H,5,7-8,10-12H2,1-2H3. The van der Waals surface area contributed by atoms with Crippen molar-refractivity contribution in [3.05, 3.63) is 35.4 Å². The molecule has 1 aromatic carbocycles. The fraction of sp³-hybridized carbons (Fsp3) is 0.588. The normalized spacial score (nSPS) is 19.8. The van der Waals surface area contributed by atoms with Gasteiger partial charge in [0.15, 0.2) is 0 Å². The van der Waals surface area contributed by atoms with Gasteiger partial charge in [-0.1, -0.05) is 31.2 Å². The molecule has 0 fully saturated rings. The Morgan fingerprint density at radius 3 is 3.00 bits per heavy atom. The Kier molecular flexibility index (Phi) is 5.15. The Morgan fingerprint density at radius 1 is 1.42 bits per heavy atom. The van der Waals surface area contributed by atoms with Crippen LogP contribution >= 0.6 is 0 Å². The van der Waals surface area contributed by atoms with Gasteiger partial charge in [-0.3, -0.25) is 4.79 Å². The number of benzene rings is 1. The summed E-state index contributed by atoms with van der Waals surface area (Å²) in [7, 11) is 1.69. The number of fused-ring (bicyclic) bond motifs is 1. The maximum atomic E-state index is 12.2. The van der Waals surface area contributed by atoms with E-state index in [2.05, 4.69) is 31.2 Å². The lowest BCUT2D eigenvalue weighted by Gasteiger charge is -2.25. The molecule has 0 aromatic heterocycles. The Morgan fingerprint density at radius 2 is 2.21 bits per heavy atom. The van der Waals surface area contributed by atoms with E-state index in [1.54, 1.807) is 7.11 Å². The van der Waals surface area contributed by atoms with Gasteiger partial charge in [-0.25, -0.2) is 0 Å². The highest BCUT2D eigenvalue weighted by Crippen LogP contribution is 2.34. The van der Waals surface area contributed by atoms with Gasteiger partial charge in [0.2, 0.25) is 0 Å². The van der Waals surface area contributed by atoms with Gasteiger partial charge in [0.05, 0.1) is 0 Å². The van der Waals surface area contributed by atoms with Crippen molar-refractivity contribution in [3.8, 4) is 0 Å². The van der Waals surface area contributed by atoms with Gasteiger partial charge in [-0.15, -0.1) is 0 Å². The molecule has 2 atom stereocenters. The summed E-state index contributed by atoms with van der Waals surface area (Å²) in [5.74, 6) is 1.15. The zero-order valence-electron chi connectivity index (χ0n) is 12.0. The first kappa shape index (κ1) is 14.3. The predicted molar refractivity (Wildman–Crippen MR) is 77.4 cm³/mol. The van der Waals surface area contributed by atoms with Crippen molar-refractivity contribution < 1.29 is 9.53 Å². The minimum atomic E-state index is 0.330. The Balaban J connectivity index is 1.95. The first-order chi connectivity index (χ1) is 9.20. The molecule has 1 aromatic rings. The molecular weight excluding hydrogens is 236 g/mol. The molecule has 2 unspecified atom stereocenters. The number of carbonyl (C=O) groups is 1. The lowest BCUT2D eigenvalue weighted by molar-refractivity contribution is -0.120. The molecule has 0 N–H and O–H groups in total. The van der Waals surface area contributed by atoms with Crippen molar-refractivity contribution in [2.24, 2.45) is 5.92 Å². The number of carbonyl (C=O) groups excluding carboxylic acids is 1. The van der Waals surface area contributed by atoms with Crippen LogP contribution in [0.1, 0.15) is 49.7 Å². The lowest BCUT2D eigenvalue weighted by atomic mass is 9.79. The molecule has 0 saturated carbocycles. The van der Waals surface area contributed by atoms with Crippen LogP contribution in [0.15, 0.2) is 24.3 Å². The molecule has 0 saturated heterocycles. The van der Waals surface area contributed by atoms with E-state index in [9.17, 15) is 4.79 Å². The van der Waals surface area contributed by atoms with Crippen molar-refractivity contribution in [2.75, 3.05) is 13.7 Å². The highest BCUT2D eigenvalue weighted by Gasteiger charge is 2.22. The van der Waals surface area contributed by atoms with Gasteiger partial charge in [0.25, 0.3) is 0 Å². The van der Waals surface area contributed by atoms with Crippen LogP contribution in [-0.2, 0) is 16.0 Å². The third-order valence-electron chi connectivity index (χ3n) is 4.00. The number of rotatable bonds is 6. The van der Waals surface area contributed by atoms with Gasteiger partial charge in [-0.2, -0.15) is 0 Å². The van der Waals surface area contributed by atoms with E-state index in [-0.39, 0.29) is 0 Å². The first-order valence-corrected chi connectivity index (χ1v) is 7.29. The van der Waals surface area contributed by atoms with E-state index in [1.807, 2.05) is 0 Å². The van der Waals surface area contributed by atoms with Crippen LogP contribution in [0.25, 0.3) is 0 Å². The molecule has 0 spiro atoms. The van der Waals surface area contributed by atoms with Crippen molar-refractivity contribution >= 4 is 5.78 Å². The first-order valence-electron chi connectivity index (χ1n) is 7.29. The van der Waals surface area contributed by atoms with Gasteiger partial charge in [-0.05, 0) is 42.2 Å². The van der Waals surface area contributed by atoms with E-state index in [4.69, 9.17) is 4.74 Å². The van der Waals surface area contributed by atoms with Crippen LogP contribution in [0, 0.1) is 5.92 Å². The van der Waals surface area contributed by atoms with Crippen LogP contribution in [0.3, 0.4) is 0 Å². The van der Waals surface area contributed by atoms with E-state index in [1.165, 1.54) is 24.0 Å². The molecule has 0 aliphatic heterocycles. The van der Waals surface area contributed by atoms with Crippen LogP contribution in [0.5, 0.6) is 0 Å². The molecule has 0 radical (unpaired) electrons. The molecular formula is C17H24O2. The van der Waals surface area contributed by atoms with Crippen molar-refractivity contribution in [2.45, 2.75) is 44.9 Å². The van der Waals surface area contributed by atoms with E-state index in [0.717, 1.165) is 6.42 Å². The van der Waals surface area contributed by atoms with Crippen molar-refractivity contribution in [3.63, 3.8) is 0 Å². The Hall–Kier alpha value is -1.15. The molecule has 104 valence electrons. The molecule has 1 aliphatic rings. The van der Waals surface area contributed by atoms with Crippen molar-refractivity contribution in [1.82, 2.24) is 0 Å². The molecule has 1 aliphatic carbocycles. The molecule has 0 heterocycles. The number of ketones is 1. The Bertz CT molecular complexity index is 425. The Labute approximate surface area is 116 Å². The molecule has 0 bridgehead atoms. The monoisotopic (exact) mass is 260 g/mol.